The summed E-state index contributed by atoms with van der Waals surface area (Å²) >= 11 is 0. The Hall–Kier alpha value is -1.85. The molecule has 0 spiro atoms. The molecule has 0 aliphatic rings. The first-order chi connectivity index (χ1) is 9.13. The topological polar surface area (TPSA) is 62.9 Å². The summed E-state index contributed by atoms with van der Waals surface area (Å²) in [4.78, 5) is 13.5. The van der Waals surface area contributed by atoms with Gasteiger partial charge in [0.15, 0.2) is 0 Å². The third kappa shape index (κ3) is 3.13. The van der Waals surface area contributed by atoms with Crippen LogP contribution in [-0.4, -0.2) is 37.3 Å². The Kier molecular flexibility index (Phi) is 4.19. The minimum Gasteiger partial charge on any atom is -0.497 e. The molecule has 19 heavy (non-hydrogen) atoms. The molecule has 1 N–H and O–H groups in total. The molecule has 1 heterocycles. The van der Waals surface area contributed by atoms with Crippen molar-refractivity contribution in [1.29, 1.82) is 0 Å². The third-order valence-electron chi connectivity index (χ3n) is 2.96. The first-order valence-corrected chi connectivity index (χ1v) is 6.04. The fourth-order valence-electron chi connectivity index (χ4n) is 2.01. The number of nitrogens with zero attached hydrogens (tertiary/aromatic N) is 1. The highest BCUT2D eigenvalue weighted by Gasteiger charge is 2.09. The second-order valence-electron chi connectivity index (χ2n) is 4.41. The maximum atomic E-state index is 11.6. The van der Waals surface area contributed by atoms with E-state index < -0.39 is 0 Å². The van der Waals surface area contributed by atoms with Gasteiger partial charge in [0.1, 0.15) is 11.3 Å². The molecule has 0 radical (unpaired) electrons. The number of hydrogen-bond acceptors (Lipinski definition) is 5. The highest BCUT2D eigenvalue weighted by atomic mass is 16.5. The summed E-state index contributed by atoms with van der Waals surface area (Å²) in [5.74, 6) is 0.650. The Morgan fingerprint density at radius 1 is 1.37 bits per heavy atom. The van der Waals surface area contributed by atoms with Crippen molar-refractivity contribution >= 4 is 11.0 Å². The van der Waals surface area contributed by atoms with Crippen LogP contribution in [0.4, 0.5) is 0 Å². The van der Waals surface area contributed by atoms with Crippen molar-refractivity contribution < 1.29 is 14.3 Å². The fraction of sp³-hybridized carbons (Fsp3) is 0.357. The fourth-order valence-corrected chi connectivity index (χ4v) is 2.01. The van der Waals surface area contributed by atoms with E-state index in [1.54, 1.807) is 13.2 Å². The number of benzene rings is 1. The molecular weight excluding hydrogens is 246 g/mol. The molecule has 0 unspecified atom stereocenters. The van der Waals surface area contributed by atoms with Crippen molar-refractivity contribution in [1.82, 2.24) is 4.90 Å². The van der Waals surface area contributed by atoms with Crippen LogP contribution in [0.25, 0.3) is 11.0 Å². The monoisotopic (exact) mass is 263 g/mol. The van der Waals surface area contributed by atoms with Crippen LogP contribution in [0.2, 0.25) is 0 Å². The van der Waals surface area contributed by atoms with E-state index in [-0.39, 0.29) is 12.2 Å². The maximum absolute atomic E-state index is 11.6. The van der Waals surface area contributed by atoms with Crippen LogP contribution in [0.1, 0.15) is 5.56 Å². The van der Waals surface area contributed by atoms with Crippen molar-refractivity contribution in [2.24, 2.45) is 0 Å². The molecule has 5 nitrogen and oxygen atoms in total. The van der Waals surface area contributed by atoms with Crippen molar-refractivity contribution in [3.63, 3.8) is 0 Å². The van der Waals surface area contributed by atoms with E-state index in [0.717, 1.165) is 10.9 Å². The zero-order valence-corrected chi connectivity index (χ0v) is 11.0. The Balaban J connectivity index is 2.45. The van der Waals surface area contributed by atoms with Gasteiger partial charge in [-0.1, -0.05) is 0 Å². The molecule has 2 rings (SSSR count). The predicted octanol–water partition coefficient (Wildman–Crippen LogP) is 1.23. The highest BCUT2D eigenvalue weighted by molar-refractivity contribution is 5.81. The maximum Gasteiger partial charge on any atom is 0.336 e. The summed E-state index contributed by atoms with van der Waals surface area (Å²) in [6.07, 6.45) is 0. The highest BCUT2D eigenvalue weighted by Crippen LogP contribution is 2.23. The number of methoxy groups -OCH3 is 1. The minimum absolute atomic E-state index is 0.0870. The summed E-state index contributed by atoms with van der Waals surface area (Å²) in [7, 11) is 3.46. The van der Waals surface area contributed by atoms with Gasteiger partial charge in [0.2, 0.25) is 0 Å². The lowest BCUT2D eigenvalue weighted by Gasteiger charge is -2.16. The van der Waals surface area contributed by atoms with E-state index in [9.17, 15) is 4.79 Å². The normalized spacial score (nSPS) is 11.2. The van der Waals surface area contributed by atoms with Crippen LogP contribution in [0.3, 0.4) is 0 Å². The van der Waals surface area contributed by atoms with Crippen molar-refractivity contribution in [3.8, 4) is 5.75 Å². The van der Waals surface area contributed by atoms with Gasteiger partial charge in [-0.15, -0.1) is 0 Å². The first-order valence-electron chi connectivity index (χ1n) is 6.04. The molecule has 1 aromatic heterocycles. The molecule has 0 aliphatic carbocycles. The lowest BCUT2D eigenvalue weighted by molar-refractivity contribution is 0.217. The van der Waals surface area contributed by atoms with Crippen LogP contribution >= 0.6 is 0 Å². The summed E-state index contributed by atoms with van der Waals surface area (Å²) in [5, 5.41) is 9.79. The largest absolute Gasteiger partial charge is 0.497 e. The van der Waals surface area contributed by atoms with E-state index in [4.69, 9.17) is 14.3 Å². The van der Waals surface area contributed by atoms with Crippen LogP contribution < -0.4 is 10.4 Å². The van der Waals surface area contributed by atoms with Crippen LogP contribution in [0.15, 0.2) is 33.5 Å². The molecule has 1 aromatic carbocycles. The number of aliphatic hydroxyl groups excluding tert-OH is 1. The lowest BCUT2D eigenvalue weighted by atomic mass is 10.1. The SMILES string of the molecule is COc1ccc2c(CN(C)CCO)cc(=O)oc2c1. The molecule has 0 bridgehead atoms. The third-order valence-corrected chi connectivity index (χ3v) is 2.96. The average Bonchev–Trinajstić information content (AvgIpc) is 2.37. The van der Waals surface area contributed by atoms with Gasteiger partial charge in [-0.25, -0.2) is 4.79 Å². The molecule has 5 heteroatoms. The molecule has 0 saturated heterocycles. The van der Waals surface area contributed by atoms with Gasteiger partial charge in [-0.3, -0.25) is 4.90 Å². The molecule has 0 fully saturated rings. The number of likely N-dealkylation sites (N-methyl/N-ethyl adjacent to an activating group) is 1. The van der Waals surface area contributed by atoms with E-state index in [0.29, 0.717) is 24.4 Å². The molecule has 0 amide bonds. The number of fused-ring (bicyclic) bond motifs is 1. The van der Waals surface area contributed by atoms with E-state index in [2.05, 4.69) is 0 Å². The van der Waals surface area contributed by atoms with E-state index in [1.165, 1.54) is 6.07 Å². The summed E-state index contributed by atoms with van der Waals surface area (Å²) < 4.78 is 10.3. The van der Waals surface area contributed by atoms with Gasteiger partial charge in [-0.2, -0.15) is 0 Å². The minimum atomic E-state index is -0.381. The van der Waals surface area contributed by atoms with Gasteiger partial charge in [0, 0.05) is 30.6 Å². The van der Waals surface area contributed by atoms with Gasteiger partial charge >= 0.3 is 5.63 Å². The molecule has 0 atom stereocenters. The van der Waals surface area contributed by atoms with Gasteiger partial charge < -0.3 is 14.3 Å². The van der Waals surface area contributed by atoms with Crippen molar-refractivity contribution in [2.45, 2.75) is 6.54 Å². The zero-order valence-electron chi connectivity index (χ0n) is 11.0. The van der Waals surface area contributed by atoms with Gasteiger partial charge in [0.05, 0.1) is 13.7 Å². The van der Waals surface area contributed by atoms with Crippen LogP contribution in [0.5, 0.6) is 5.75 Å². The molecular formula is C14H17NO4. The number of ether oxygens (including phenoxy) is 1. The van der Waals surface area contributed by atoms with Crippen LogP contribution in [-0.2, 0) is 6.54 Å². The average molecular weight is 263 g/mol. The number of rotatable bonds is 5. The second-order valence-corrected chi connectivity index (χ2v) is 4.41. The molecule has 0 aliphatic heterocycles. The van der Waals surface area contributed by atoms with Crippen LogP contribution in [0, 0.1) is 0 Å². The Labute approximate surface area is 111 Å². The molecule has 2 aromatic rings. The Bertz CT molecular complexity index is 620. The van der Waals surface area contributed by atoms with Gasteiger partial charge in [-0.05, 0) is 24.7 Å². The quantitative estimate of drug-likeness (QED) is 0.822. The molecule has 0 saturated carbocycles. The zero-order chi connectivity index (χ0) is 13.8. The second kappa shape index (κ2) is 5.86. The number of hydrogen-bond donors (Lipinski definition) is 1. The summed E-state index contributed by atoms with van der Waals surface area (Å²) in [6, 6.07) is 6.89. The smallest absolute Gasteiger partial charge is 0.336 e. The Morgan fingerprint density at radius 2 is 2.16 bits per heavy atom. The predicted molar refractivity (Wildman–Crippen MR) is 72.5 cm³/mol. The summed E-state index contributed by atoms with van der Waals surface area (Å²) in [6.45, 7) is 1.22. The van der Waals surface area contributed by atoms with Crippen molar-refractivity contribution in [3.05, 3.63) is 40.2 Å². The Morgan fingerprint density at radius 3 is 2.84 bits per heavy atom. The van der Waals surface area contributed by atoms with E-state index in [1.807, 2.05) is 24.1 Å². The van der Waals surface area contributed by atoms with E-state index >= 15 is 0 Å². The lowest BCUT2D eigenvalue weighted by Crippen LogP contribution is -2.22. The molecule has 102 valence electrons. The summed E-state index contributed by atoms with van der Waals surface area (Å²) in [5.41, 5.74) is 1.01. The standard InChI is InChI=1S/C14H17NO4/c1-15(5-6-16)9-10-7-14(17)19-13-8-11(18-2)3-4-12(10)13/h3-4,7-8,16H,5-6,9H2,1-2H3. The number of aliphatic hydroxyl groups is 1. The van der Waals surface area contributed by atoms with Gasteiger partial charge in [0.25, 0.3) is 0 Å². The van der Waals surface area contributed by atoms with Crippen molar-refractivity contribution in [2.75, 3.05) is 27.3 Å². The first kappa shape index (κ1) is 13.6.